The Morgan fingerprint density at radius 2 is 2.47 bits per heavy atom. The molecular weight excluding hydrogens is 234 g/mol. The van der Waals surface area contributed by atoms with E-state index in [1.807, 2.05) is 16.4 Å². The van der Waals surface area contributed by atoms with Gasteiger partial charge in [-0.15, -0.1) is 0 Å². The minimum absolute atomic E-state index is 0.00297. The Hall–Kier alpha value is -0.550. The van der Waals surface area contributed by atoms with Crippen LogP contribution in [0.5, 0.6) is 0 Å². The summed E-state index contributed by atoms with van der Waals surface area (Å²) in [4.78, 5) is 4.26. The van der Waals surface area contributed by atoms with E-state index in [9.17, 15) is 5.11 Å². The maximum Gasteiger partial charge on any atom is 0.138 e. The van der Waals surface area contributed by atoms with Gasteiger partial charge in [-0.05, 0) is 31.9 Å². The molecule has 2 heterocycles. The summed E-state index contributed by atoms with van der Waals surface area (Å²) in [7, 11) is 0. The predicted octanol–water partition coefficient (Wildman–Crippen LogP) is 1.88. The van der Waals surface area contributed by atoms with Gasteiger partial charge in [-0.3, -0.25) is 4.68 Å². The molecule has 1 saturated heterocycles. The molecule has 0 aromatic carbocycles. The smallest absolute Gasteiger partial charge is 0.138 e. The lowest BCUT2D eigenvalue weighted by molar-refractivity contribution is 0.130. The molecule has 5 heteroatoms. The van der Waals surface area contributed by atoms with Gasteiger partial charge in [-0.2, -0.15) is 16.9 Å². The lowest BCUT2D eigenvalue weighted by Crippen LogP contribution is -2.36. The number of thioether (sulfide) groups is 1. The third-order valence-electron chi connectivity index (χ3n) is 3.46. The summed E-state index contributed by atoms with van der Waals surface area (Å²) in [5.41, 5.74) is 0. The molecule has 2 rings (SSSR count). The van der Waals surface area contributed by atoms with E-state index in [0.29, 0.717) is 6.42 Å². The topological polar surface area (TPSA) is 50.9 Å². The second-order valence-electron chi connectivity index (χ2n) is 4.88. The molecule has 0 saturated carbocycles. The lowest BCUT2D eigenvalue weighted by Gasteiger charge is -2.28. The summed E-state index contributed by atoms with van der Waals surface area (Å²) in [5.74, 6) is 2.07. The van der Waals surface area contributed by atoms with E-state index in [-0.39, 0.29) is 10.9 Å². The van der Waals surface area contributed by atoms with Crippen LogP contribution >= 0.6 is 11.8 Å². The molecule has 1 aliphatic rings. The molecule has 1 aliphatic heterocycles. The Labute approximate surface area is 107 Å². The van der Waals surface area contributed by atoms with Crippen LogP contribution in [0.1, 0.15) is 38.9 Å². The van der Waals surface area contributed by atoms with E-state index >= 15 is 0 Å². The van der Waals surface area contributed by atoms with Crippen LogP contribution in [0.3, 0.4) is 0 Å². The number of hydrogen-bond donors (Lipinski definition) is 1. The van der Waals surface area contributed by atoms with Crippen molar-refractivity contribution in [1.82, 2.24) is 14.8 Å². The first-order valence-electron chi connectivity index (χ1n) is 6.34. The van der Waals surface area contributed by atoms with Crippen molar-refractivity contribution in [3.05, 3.63) is 12.2 Å². The number of rotatable bonds is 5. The van der Waals surface area contributed by atoms with Gasteiger partial charge in [0.05, 0.1) is 6.10 Å². The van der Waals surface area contributed by atoms with E-state index in [4.69, 9.17) is 0 Å². The first kappa shape index (κ1) is 12.9. The van der Waals surface area contributed by atoms with Crippen LogP contribution in [0.25, 0.3) is 0 Å². The van der Waals surface area contributed by atoms with E-state index in [1.54, 1.807) is 6.33 Å². The van der Waals surface area contributed by atoms with Crippen LogP contribution in [-0.4, -0.2) is 36.5 Å². The fourth-order valence-corrected chi connectivity index (χ4v) is 3.62. The number of aryl methyl sites for hydroxylation is 1. The summed E-state index contributed by atoms with van der Waals surface area (Å²) in [5, 5.41) is 14.6. The second-order valence-corrected chi connectivity index (χ2v) is 6.51. The van der Waals surface area contributed by atoms with Crippen molar-refractivity contribution in [2.45, 2.75) is 56.9 Å². The molecule has 2 atom stereocenters. The maximum atomic E-state index is 10.4. The van der Waals surface area contributed by atoms with Gasteiger partial charge >= 0.3 is 0 Å². The van der Waals surface area contributed by atoms with Crippen LogP contribution in [0.4, 0.5) is 0 Å². The second kappa shape index (κ2) is 5.40. The number of aliphatic hydroxyl groups excluding tert-OH is 1. The maximum absolute atomic E-state index is 10.4. The summed E-state index contributed by atoms with van der Waals surface area (Å²) in [6.45, 7) is 5.16. The Balaban J connectivity index is 2.02. The molecule has 17 heavy (non-hydrogen) atoms. The number of aliphatic hydroxyl groups is 1. The van der Waals surface area contributed by atoms with Gasteiger partial charge in [0.1, 0.15) is 12.2 Å². The van der Waals surface area contributed by atoms with Gasteiger partial charge in [0.15, 0.2) is 0 Å². The van der Waals surface area contributed by atoms with Gasteiger partial charge in [0, 0.05) is 17.7 Å². The van der Waals surface area contributed by atoms with Crippen molar-refractivity contribution in [1.29, 1.82) is 0 Å². The average molecular weight is 255 g/mol. The minimum atomic E-state index is -0.324. The molecule has 2 unspecified atom stereocenters. The van der Waals surface area contributed by atoms with Crippen molar-refractivity contribution in [2.75, 3.05) is 5.75 Å². The summed E-state index contributed by atoms with van der Waals surface area (Å²) >= 11 is 1.89. The largest absolute Gasteiger partial charge is 0.391 e. The summed E-state index contributed by atoms with van der Waals surface area (Å²) < 4.78 is 1.91. The third-order valence-corrected chi connectivity index (χ3v) is 5.09. The Kier molecular flexibility index (Phi) is 4.09. The monoisotopic (exact) mass is 255 g/mol. The molecule has 0 aliphatic carbocycles. The van der Waals surface area contributed by atoms with Crippen molar-refractivity contribution in [3.63, 3.8) is 0 Å². The SMILES string of the molecule is CCCn1ncnc1CC(O)C1(C)CCCS1. The van der Waals surface area contributed by atoms with E-state index in [2.05, 4.69) is 23.9 Å². The van der Waals surface area contributed by atoms with Crippen LogP contribution in [-0.2, 0) is 13.0 Å². The third kappa shape index (κ3) is 2.83. The highest BCUT2D eigenvalue weighted by Gasteiger charge is 2.37. The van der Waals surface area contributed by atoms with Crippen molar-refractivity contribution in [2.24, 2.45) is 0 Å². The Morgan fingerprint density at radius 1 is 1.65 bits per heavy atom. The van der Waals surface area contributed by atoms with Gasteiger partial charge in [-0.1, -0.05) is 6.92 Å². The zero-order valence-corrected chi connectivity index (χ0v) is 11.4. The minimum Gasteiger partial charge on any atom is -0.391 e. The van der Waals surface area contributed by atoms with E-state index in [1.165, 1.54) is 6.42 Å². The van der Waals surface area contributed by atoms with Gasteiger partial charge in [0.25, 0.3) is 0 Å². The number of aromatic nitrogens is 3. The standard InChI is InChI=1S/C12H21N3OS/c1-3-6-15-11(13-9-14-15)8-10(16)12(2)5-4-7-17-12/h9-10,16H,3-8H2,1-2H3. The highest BCUT2D eigenvalue weighted by Crippen LogP contribution is 2.41. The molecule has 0 spiro atoms. The summed E-state index contributed by atoms with van der Waals surface area (Å²) in [6, 6.07) is 0. The molecule has 0 radical (unpaired) electrons. The van der Waals surface area contributed by atoms with E-state index in [0.717, 1.165) is 31.0 Å². The Morgan fingerprint density at radius 3 is 3.12 bits per heavy atom. The van der Waals surface area contributed by atoms with Crippen LogP contribution in [0, 0.1) is 0 Å². The molecule has 1 N–H and O–H groups in total. The summed E-state index contributed by atoms with van der Waals surface area (Å²) in [6.07, 6.45) is 5.22. The average Bonchev–Trinajstić information content (AvgIpc) is 2.90. The van der Waals surface area contributed by atoms with Crippen molar-refractivity contribution >= 4 is 11.8 Å². The first-order chi connectivity index (χ1) is 8.15. The highest BCUT2D eigenvalue weighted by molar-refractivity contribution is 8.00. The normalized spacial score (nSPS) is 26.3. The number of hydrogen-bond acceptors (Lipinski definition) is 4. The Bertz CT molecular complexity index is 360. The zero-order chi connectivity index (χ0) is 12.3. The molecule has 0 amide bonds. The fraction of sp³-hybridized carbons (Fsp3) is 0.833. The molecular formula is C12H21N3OS. The zero-order valence-electron chi connectivity index (χ0n) is 10.6. The molecule has 96 valence electrons. The molecule has 1 fully saturated rings. The van der Waals surface area contributed by atoms with Crippen LogP contribution in [0.15, 0.2) is 6.33 Å². The molecule has 1 aromatic rings. The fourth-order valence-electron chi connectivity index (χ4n) is 2.30. The molecule has 4 nitrogen and oxygen atoms in total. The van der Waals surface area contributed by atoms with Gasteiger partial charge < -0.3 is 5.11 Å². The molecule has 1 aromatic heterocycles. The first-order valence-corrected chi connectivity index (χ1v) is 7.33. The van der Waals surface area contributed by atoms with Crippen molar-refractivity contribution in [3.8, 4) is 0 Å². The van der Waals surface area contributed by atoms with Crippen molar-refractivity contribution < 1.29 is 5.11 Å². The van der Waals surface area contributed by atoms with Crippen LogP contribution < -0.4 is 0 Å². The quantitative estimate of drug-likeness (QED) is 0.873. The highest BCUT2D eigenvalue weighted by atomic mass is 32.2. The van der Waals surface area contributed by atoms with E-state index < -0.39 is 0 Å². The predicted molar refractivity (Wildman–Crippen MR) is 70.1 cm³/mol. The lowest BCUT2D eigenvalue weighted by atomic mass is 9.96. The van der Waals surface area contributed by atoms with Gasteiger partial charge in [-0.25, -0.2) is 4.98 Å². The molecule has 0 bridgehead atoms. The van der Waals surface area contributed by atoms with Gasteiger partial charge in [0.2, 0.25) is 0 Å². The number of nitrogens with zero attached hydrogens (tertiary/aromatic N) is 3. The van der Waals surface area contributed by atoms with Crippen LogP contribution in [0.2, 0.25) is 0 Å².